The molecule has 1 aromatic rings. The summed E-state index contributed by atoms with van der Waals surface area (Å²) in [6.07, 6.45) is 8.91. The lowest BCUT2D eigenvalue weighted by Gasteiger charge is -2.32. The molecule has 1 fully saturated rings. The normalized spacial score (nSPS) is 19.7. The van der Waals surface area contributed by atoms with Crippen LogP contribution in [0.15, 0.2) is 29.2 Å². The van der Waals surface area contributed by atoms with E-state index >= 15 is 0 Å². The Labute approximate surface area is 121 Å². The lowest BCUT2D eigenvalue weighted by atomic mass is 10.0. The smallest absolute Gasteiger partial charge is 0.0470 e. The molecule has 1 unspecified atom stereocenters. The van der Waals surface area contributed by atoms with Crippen molar-refractivity contribution in [1.29, 1.82) is 0 Å². The van der Waals surface area contributed by atoms with Gasteiger partial charge in [-0.1, -0.05) is 31.4 Å². The zero-order valence-electron chi connectivity index (χ0n) is 12.0. The molecule has 0 radical (unpaired) electrons. The van der Waals surface area contributed by atoms with Crippen LogP contribution in [0.1, 0.15) is 43.7 Å². The van der Waals surface area contributed by atoms with Crippen molar-refractivity contribution in [2.45, 2.75) is 43.0 Å². The molecule has 0 aromatic heterocycles. The molecule has 1 saturated heterocycles. The van der Waals surface area contributed by atoms with Crippen LogP contribution in [-0.4, -0.2) is 30.8 Å². The number of thioether (sulfide) groups is 1. The minimum atomic E-state index is 0.397. The van der Waals surface area contributed by atoms with Crippen LogP contribution in [0.3, 0.4) is 0 Å². The Balaban J connectivity index is 2.07. The second-order valence-electron chi connectivity index (χ2n) is 5.33. The second-order valence-corrected chi connectivity index (χ2v) is 6.21. The highest BCUT2D eigenvalue weighted by atomic mass is 32.2. The molecule has 0 spiro atoms. The Kier molecular flexibility index (Phi) is 6.21. The van der Waals surface area contributed by atoms with Crippen molar-refractivity contribution in [3.63, 3.8) is 0 Å². The fourth-order valence-corrected chi connectivity index (χ4v) is 3.31. The maximum Gasteiger partial charge on any atom is 0.0470 e. The van der Waals surface area contributed by atoms with Crippen LogP contribution in [0.2, 0.25) is 0 Å². The fraction of sp³-hybridized carbons (Fsp3) is 0.625. The molecule has 1 aliphatic heterocycles. The SMILES string of the molecule is CSc1ccc(C(CN)N2CCCCCCC2)cc1. The van der Waals surface area contributed by atoms with Gasteiger partial charge in [-0.3, -0.25) is 4.90 Å². The van der Waals surface area contributed by atoms with Gasteiger partial charge in [0.15, 0.2) is 0 Å². The largest absolute Gasteiger partial charge is 0.329 e. The van der Waals surface area contributed by atoms with Crippen LogP contribution in [0.4, 0.5) is 0 Å². The quantitative estimate of drug-likeness (QED) is 0.852. The van der Waals surface area contributed by atoms with E-state index in [4.69, 9.17) is 5.73 Å². The minimum absolute atomic E-state index is 0.397. The van der Waals surface area contributed by atoms with Gasteiger partial charge < -0.3 is 5.73 Å². The summed E-state index contributed by atoms with van der Waals surface area (Å²) in [6, 6.07) is 9.33. The Bertz CT molecular complexity index is 356. The van der Waals surface area contributed by atoms with Crippen LogP contribution >= 0.6 is 11.8 Å². The highest BCUT2D eigenvalue weighted by Gasteiger charge is 2.19. The van der Waals surface area contributed by atoms with E-state index in [0.717, 1.165) is 6.54 Å². The number of nitrogens with zero attached hydrogens (tertiary/aromatic N) is 1. The van der Waals surface area contributed by atoms with E-state index in [2.05, 4.69) is 35.4 Å². The molecule has 0 aliphatic carbocycles. The molecule has 1 atom stereocenters. The molecule has 0 saturated carbocycles. The molecule has 1 aromatic carbocycles. The van der Waals surface area contributed by atoms with Crippen LogP contribution in [-0.2, 0) is 0 Å². The van der Waals surface area contributed by atoms with Crippen molar-refractivity contribution >= 4 is 11.8 Å². The summed E-state index contributed by atoms with van der Waals surface area (Å²) in [5.74, 6) is 0. The first-order chi connectivity index (χ1) is 9.35. The predicted molar refractivity (Wildman–Crippen MR) is 84.7 cm³/mol. The van der Waals surface area contributed by atoms with Crippen molar-refractivity contribution in [2.24, 2.45) is 5.73 Å². The second kappa shape index (κ2) is 7.93. The predicted octanol–water partition coefficient (Wildman–Crippen LogP) is 3.67. The number of likely N-dealkylation sites (tertiary alicyclic amines) is 1. The van der Waals surface area contributed by atoms with Crippen molar-refractivity contribution in [2.75, 3.05) is 25.9 Å². The van der Waals surface area contributed by atoms with E-state index in [9.17, 15) is 0 Å². The third-order valence-electron chi connectivity index (χ3n) is 4.06. The molecule has 1 heterocycles. The number of hydrogen-bond donors (Lipinski definition) is 1. The Morgan fingerprint density at radius 1 is 1.05 bits per heavy atom. The molecule has 19 heavy (non-hydrogen) atoms. The summed E-state index contributed by atoms with van der Waals surface area (Å²) >= 11 is 1.79. The average Bonchev–Trinajstić information content (AvgIpc) is 2.42. The molecule has 3 heteroatoms. The van der Waals surface area contributed by atoms with Gasteiger partial charge in [-0.05, 0) is 49.9 Å². The molecule has 2 nitrogen and oxygen atoms in total. The Morgan fingerprint density at radius 2 is 1.63 bits per heavy atom. The van der Waals surface area contributed by atoms with Gasteiger partial charge in [0.2, 0.25) is 0 Å². The van der Waals surface area contributed by atoms with Gasteiger partial charge in [0, 0.05) is 17.5 Å². The Morgan fingerprint density at radius 3 is 2.16 bits per heavy atom. The van der Waals surface area contributed by atoms with Crippen molar-refractivity contribution in [3.8, 4) is 0 Å². The summed E-state index contributed by atoms with van der Waals surface area (Å²) in [5.41, 5.74) is 7.43. The molecule has 2 rings (SSSR count). The van der Waals surface area contributed by atoms with Crippen molar-refractivity contribution in [1.82, 2.24) is 4.90 Å². The van der Waals surface area contributed by atoms with Gasteiger partial charge in [-0.25, -0.2) is 0 Å². The van der Waals surface area contributed by atoms with Gasteiger partial charge in [-0.15, -0.1) is 11.8 Å². The molecule has 0 amide bonds. The molecule has 106 valence electrons. The van der Waals surface area contributed by atoms with E-state index < -0.39 is 0 Å². The number of hydrogen-bond acceptors (Lipinski definition) is 3. The number of nitrogens with two attached hydrogens (primary N) is 1. The van der Waals surface area contributed by atoms with E-state index in [-0.39, 0.29) is 0 Å². The van der Waals surface area contributed by atoms with Crippen LogP contribution in [0.5, 0.6) is 0 Å². The summed E-state index contributed by atoms with van der Waals surface area (Å²) in [4.78, 5) is 3.92. The third kappa shape index (κ3) is 4.23. The summed E-state index contributed by atoms with van der Waals surface area (Å²) in [7, 11) is 0. The minimum Gasteiger partial charge on any atom is -0.329 e. The first kappa shape index (κ1) is 14.9. The van der Waals surface area contributed by atoms with Gasteiger partial charge in [0.25, 0.3) is 0 Å². The molecular weight excluding hydrogens is 252 g/mol. The van der Waals surface area contributed by atoms with Crippen LogP contribution in [0, 0.1) is 0 Å². The van der Waals surface area contributed by atoms with Crippen LogP contribution < -0.4 is 5.73 Å². The molecule has 1 aliphatic rings. The fourth-order valence-electron chi connectivity index (χ4n) is 2.91. The summed E-state index contributed by atoms with van der Waals surface area (Å²) in [5, 5.41) is 0. The summed E-state index contributed by atoms with van der Waals surface area (Å²) < 4.78 is 0. The lowest BCUT2D eigenvalue weighted by molar-refractivity contribution is 0.183. The highest BCUT2D eigenvalue weighted by Crippen LogP contribution is 2.25. The summed E-state index contributed by atoms with van der Waals surface area (Å²) in [6.45, 7) is 3.12. The first-order valence-electron chi connectivity index (χ1n) is 7.43. The number of benzene rings is 1. The number of rotatable bonds is 4. The van der Waals surface area contributed by atoms with Crippen molar-refractivity contribution < 1.29 is 0 Å². The topological polar surface area (TPSA) is 29.3 Å². The van der Waals surface area contributed by atoms with Crippen LogP contribution in [0.25, 0.3) is 0 Å². The van der Waals surface area contributed by atoms with Gasteiger partial charge in [0.05, 0.1) is 0 Å². The Hall–Kier alpha value is -0.510. The van der Waals surface area contributed by atoms with E-state index in [0.29, 0.717) is 6.04 Å². The molecular formula is C16H26N2S. The lowest BCUT2D eigenvalue weighted by Crippen LogP contribution is -2.36. The third-order valence-corrected chi connectivity index (χ3v) is 4.80. The van der Waals surface area contributed by atoms with E-state index in [1.165, 1.54) is 55.7 Å². The zero-order chi connectivity index (χ0) is 13.5. The zero-order valence-corrected chi connectivity index (χ0v) is 12.8. The maximum absolute atomic E-state index is 6.05. The molecule has 0 bridgehead atoms. The molecule has 2 N–H and O–H groups in total. The average molecular weight is 278 g/mol. The van der Waals surface area contributed by atoms with Gasteiger partial charge in [-0.2, -0.15) is 0 Å². The van der Waals surface area contributed by atoms with E-state index in [1.54, 1.807) is 11.8 Å². The van der Waals surface area contributed by atoms with Gasteiger partial charge >= 0.3 is 0 Å². The highest BCUT2D eigenvalue weighted by molar-refractivity contribution is 7.98. The maximum atomic E-state index is 6.05. The standard InChI is InChI=1S/C16H26N2S/c1-19-15-9-7-14(8-10-15)16(13-17)18-11-5-3-2-4-6-12-18/h7-10,16H,2-6,11-13,17H2,1H3. The monoisotopic (exact) mass is 278 g/mol. The van der Waals surface area contributed by atoms with Gasteiger partial charge in [0.1, 0.15) is 0 Å². The van der Waals surface area contributed by atoms with Crippen molar-refractivity contribution in [3.05, 3.63) is 29.8 Å². The first-order valence-corrected chi connectivity index (χ1v) is 8.65. The van der Waals surface area contributed by atoms with E-state index in [1.807, 2.05) is 0 Å².